The van der Waals surface area contributed by atoms with Crippen LogP contribution in [0.15, 0.2) is 18.2 Å². The molecule has 1 rings (SSSR count). The monoisotopic (exact) mass is 336 g/mol. The molecule has 0 atom stereocenters. The maximum atomic E-state index is 13.2. The molecule has 0 heterocycles. The number of carbonyl (C=O) groups is 1. The summed E-state index contributed by atoms with van der Waals surface area (Å²) >= 11 is 1.87. The summed E-state index contributed by atoms with van der Waals surface area (Å²) in [5.74, 6) is -0.704. The fraction of sp³-hybridized carbons (Fsp3) is 0.364. The first-order valence-electron chi connectivity index (χ1n) is 4.83. The van der Waals surface area contributed by atoms with Crippen LogP contribution in [0.3, 0.4) is 0 Å². The zero-order chi connectivity index (χ0) is 12.3. The van der Waals surface area contributed by atoms with Gasteiger partial charge in [0.15, 0.2) is 0 Å². The van der Waals surface area contributed by atoms with Gasteiger partial charge in [-0.15, -0.1) is 0 Å². The molecule has 3 N–H and O–H groups in total. The molecule has 0 radical (unpaired) electrons. The maximum absolute atomic E-state index is 13.2. The van der Waals surface area contributed by atoms with Crippen LogP contribution in [0.25, 0.3) is 0 Å². The van der Waals surface area contributed by atoms with Gasteiger partial charge in [0.05, 0.1) is 0 Å². The maximum Gasteiger partial charge on any atom is 0.251 e. The Labute approximate surface area is 108 Å². The summed E-state index contributed by atoms with van der Waals surface area (Å²) in [6.45, 7) is 3.95. The Hall–Kier alpha value is -0.690. The van der Waals surface area contributed by atoms with Crippen molar-refractivity contribution in [2.75, 3.05) is 6.54 Å². The van der Waals surface area contributed by atoms with Crippen LogP contribution in [0.5, 0.6) is 0 Å². The molecular formula is C11H14FIN2O. The van der Waals surface area contributed by atoms with E-state index in [1.807, 2.05) is 36.4 Å². The molecule has 1 aromatic carbocycles. The van der Waals surface area contributed by atoms with E-state index in [2.05, 4.69) is 5.32 Å². The second-order valence-electron chi connectivity index (χ2n) is 4.17. The predicted octanol–water partition coefficient (Wildman–Crippen LogP) is 1.90. The minimum absolute atomic E-state index is 0.305. The van der Waals surface area contributed by atoms with Gasteiger partial charge in [0.2, 0.25) is 0 Å². The standard InChI is InChI=1S/C11H14FIN2O/c1-11(2,6-14)15-10(16)7-3-4-9(13)8(12)5-7/h3-5H,6,14H2,1-2H3,(H,15,16). The molecule has 0 bridgehead atoms. The average Bonchev–Trinajstić information content (AvgIpc) is 2.21. The van der Waals surface area contributed by atoms with E-state index in [0.717, 1.165) is 0 Å². The van der Waals surface area contributed by atoms with Gasteiger partial charge in [-0.05, 0) is 54.6 Å². The Morgan fingerprint density at radius 1 is 1.56 bits per heavy atom. The van der Waals surface area contributed by atoms with Crippen molar-refractivity contribution in [2.24, 2.45) is 5.73 Å². The molecule has 0 aromatic heterocycles. The van der Waals surface area contributed by atoms with Gasteiger partial charge in [-0.25, -0.2) is 4.39 Å². The lowest BCUT2D eigenvalue weighted by molar-refractivity contribution is 0.0915. The molecule has 1 aromatic rings. The van der Waals surface area contributed by atoms with Crippen molar-refractivity contribution in [1.29, 1.82) is 0 Å². The number of rotatable bonds is 3. The summed E-state index contributed by atoms with van der Waals surface area (Å²) < 4.78 is 13.7. The number of amides is 1. The third-order valence-electron chi connectivity index (χ3n) is 2.14. The van der Waals surface area contributed by atoms with Crippen molar-refractivity contribution in [3.05, 3.63) is 33.1 Å². The fourth-order valence-electron chi connectivity index (χ4n) is 1.07. The van der Waals surface area contributed by atoms with Crippen LogP contribution in [0.1, 0.15) is 24.2 Å². The lowest BCUT2D eigenvalue weighted by Crippen LogP contribution is -2.48. The number of hydrogen-bond donors (Lipinski definition) is 2. The van der Waals surface area contributed by atoms with E-state index in [4.69, 9.17) is 5.73 Å². The lowest BCUT2D eigenvalue weighted by Gasteiger charge is -2.24. The van der Waals surface area contributed by atoms with E-state index in [9.17, 15) is 9.18 Å². The summed E-state index contributed by atoms with van der Waals surface area (Å²) in [4.78, 5) is 11.7. The number of hydrogen-bond acceptors (Lipinski definition) is 2. The van der Waals surface area contributed by atoms with Crippen molar-refractivity contribution >= 4 is 28.5 Å². The van der Waals surface area contributed by atoms with Gasteiger partial charge in [0.1, 0.15) is 5.82 Å². The normalized spacial score (nSPS) is 11.3. The number of halogens is 2. The Morgan fingerprint density at radius 3 is 2.69 bits per heavy atom. The fourth-order valence-corrected chi connectivity index (χ4v) is 1.40. The summed E-state index contributed by atoms with van der Waals surface area (Å²) in [7, 11) is 0. The largest absolute Gasteiger partial charge is 0.346 e. The molecule has 3 nitrogen and oxygen atoms in total. The highest BCUT2D eigenvalue weighted by atomic mass is 127. The highest BCUT2D eigenvalue weighted by Crippen LogP contribution is 2.13. The first-order valence-corrected chi connectivity index (χ1v) is 5.91. The number of nitrogens with one attached hydrogen (secondary N) is 1. The van der Waals surface area contributed by atoms with Gasteiger partial charge in [0, 0.05) is 21.2 Å². The zero-order valence-electron chi connectivity index (χ0n) is 9.18. The van der Waals surface area contributed by atoms with Crippen molar-refractivity contribution in [3.63, 3.8) is 0 Å². The van der Waals surface area contributed by atoms with Crippen LogP contribution in [0, 0.1) is 9.39 Å². The first-order chi connectivity index (χ1) is 7.35. The Morgan fingerprint density at radius 2 is 2.19 bits per heavy atom. The van der Waals surface area contributed by atoms with Crippen LogP contribution < -0.4 is 11.1 Å². The molecule has 16 heavy (non-hydrogen) atoms. The summed E-state index contributed by atoms with van der Waals surface area (Å²) in [6.07, 6.45) is 0. The van der Waals surface area contributed by atoms with E-state index < -0.39 is 5.54 Å². The highest BCUT2D eigenvalue weighted by molar-refractivity contribution is 14.1. The van der Waals surface area contributed by atoms with Gasteiger partial charge in [-0.2, -0.15) is 0 Å². The first kappa shape index (κ1) is 13.4. The highest BCUT2D eigenvalue weighted by Gasteiger charge is 2.19. The summed E-state index contributed by atoms with van der Waals surface area (Å²) in [5.41, 5.74) is 5.31. The second kappa shape index (κ2) is 5.09. The van der Waals surface area contributed by atoms with E-state index in [0.29, 0.717) is 15.7 Å². The van der Waals surface area contributed by atoms with Crippen LogP contribution >= 0.6 is 22.6 Å². The number of carbonyl (C=O) groups excluding carboxylic acids is 1. The van der Waals surface area contributed by atoms with Gasteiger partial charge in [-0.1, -0.05) is 0 Å². The predicted molar refractivity (Wildman–Crippen MR) is 69.7 cm³/mol. The molecule has 0 saturated carbocycles. The molecule has 0 saturated heterocycles. The Bertz CT molecular complexity index is 407. The van der Waals surface area contributed by atoms with E-state index in [1.54, 1.807) is 12.1 Å². The molecule has 1 amide bonds. The van der Waals surface area contributed by atoms with Crippen LogP contribution in [-0.4, -0.2) is 18.0 Å². The summed E-state index contributed by atoms with van der Waals surface area (Å²) in [5, 5.41) is 2.74. The van der Waals surface area contributed by atoms with Crippen LogP contribution in [-0.2, 0) is 0 Å². The molecule has 5 heteroatoms. The van der Waals surface area contributed by atoms with E-state index in [1.165, 1.54) is 6.07 Å². The quantitative estimate of drug-likeness (QED) is 0.829. The molecule has 0 spiro atoms. The molecule has 0 aliphatic carbocycles. The van der Waals surface area contributed by atoms with Crippen LogP contribution in [0.4, 0.5) is 4.39 Å². The molecule has 0 aliphatic heterocycles. The number of nitrogens with two attached hydrogens (primary N) is 1. The average molecular weight is 336 g/mol. The van der Waals surface area contributed by atoms with Crippen molar-refractivity contribution in [2.45, 2.75) is 19.4 Å². The molecule has 0 fully saturated rings. The van der Waals surface area contributed by atoms with E-state index >= 15 is 0 Å². The van der Waals surface area contributed by atoms with Crippen molar-refractivity contribution < 1.29 is 9.18 Å². The van der Waals surface area contributed by atoms with Gasteiger partial charge in [-0.3, -0.25) is 4.79 Å². The minimum Gasteiger partial charge on any atom is -0.346 e. The third kappa shape index (κ3) is 3.41. The van der Waals surface area contributed by atoms with Gasteiger partial charge in [0.25, 0.3) is 5.91 Å². The van der Waals surface area contributed by atoms with Gasteiger partial charge >= 0.3 is 0 Å². The number of benzene rings is 1. The summed E-state index contributed by atoms with van der Waals surface area (Å²) in [6, 6.07) is 4.39. The van der Waals surface area contributed by atoms with Crippen molar-refractivity contribution in [1.82, 2.24) is 5.32 Å². The Balaban J connectivity index is 2.85. The van der Waals surface area contributed by atoms with E-state index in [-0.39, 0.29) is 11.7 Å². The van der Waals surface area contributed by atoms with Gasteiger partial charge < -0.3 is 11.1 Å². The third-order valence-corrected chi connectivity index (χ3v) is 3.02. The van der Waals surface area contributed by atoms with Crippen LogP contribution in [0.2, 0.25) is 0 Å². The topological polar surface area (TPSA) is 55.1 Å². The Kier molecular flexibility index (Phi) is 4.26. The van der Waals surface area contributed by atoms with Crippen molar-refractivity contribution in [3.8, 4) is 0 Å². The zero-order valence-corrected chi connectivity index (χ0v) is 11.3. The minimum atomic E-state index is -0.490. The molecule has 0 aliphatic rings. The molecular weight excluding hydrogens is 322 g/mol. The SMILES string of the molecule is CC(C)(CN)NC(=O)c1ccc(I)c(F)c1. The second-order valence-corrected chi connectivity index (χ2v) is 5.33. The molecule has 0 unspecified atom stereocenters. The lowest BCUT2D eigenvalue weighted by atomic mass is 10.1. The molecule has 88 valence electrons. The smallest absolute Gasteiger partial charge is 0.251 e.